The molecule has 1 aliphatic rings. The fourth-order valence-corrected chi connectivity index (χ4v) is 3.87. The molecular weight excluding hydrogens is 380 g/mol. The monoisotopic (exact) mass is 398 g/mol. The van der Waals surface area contributed by atoms with E-state index in [4.69, 9.17) is 5.11 Å². The second-order valence-electron chi connectivity index (χ2n) is 6.40. The number of benzene rings is 2. The number of carboxylic acid groups (broad SMARTS) is 1. The first-order chi connectivity index (χ1) is 13.3. The first-order valence-electron chi connectivity index (χ1n) is 8.52. The summed E-state index contributed by atoms with van der Waals surface area (Å²) in [7, 11) is 0. The molecule has 0 bridgehead atoms. The molecule has 8 heteroatoms. The Morgan fingerprint density at radius 2 is 1.86 bits per heavy atom. The van der Waals surface area contributed by atoms with Crippen molar-refractivity contribution in [3.05, 3.63) is 59.2 Å². The van der Waals surface area contributed by atoms with Crippen LogP contribution in [0.4, 0.5) is 16.2 Å². The highest BCUT2D eigenvalue weighted by Crippen LogP contribution is 2.35. The third-order valence-corrected chi connectivity index (χ3v) is 5.54. The molecule has 3 amide bonds. The Hall–Kier alpha value is -3.13. The van der Waals surface area contributed by atoms with E-state index >= 15 is 0 Å². The fraction of sp³-hybridized carbons (Fsp3) is 0.200. The van der Waals surface area contributed by atoms with Crippen molar-refractivity contribution in [1.82, 2.24) is 0 Å². The van der Waals surface area contributed by atoms with Crippen LogP contribution in [0.5, 0.6) is 0 Å². The number of rotatable bonds is 5. The number of amides is 3. The average molecular weight is 398 g/mol. The first kappa shape index (κ1) is 19.6. The molecule has 28 heavy (non-hydrogen) atoms. The maximum absolute atomic E-state index is 12.7. The Labute approximate surface area is 165 Å². The van der Waals surface area contributed by atoms with Crippen LogP contribution in [-0.2, 0) is 9.59 Å². The summed E-state index contributed by atoms with van der Waals surface area (Å²) >= 11 is 0.821. The minimum absolute atomic E-state index is 0.0420. The van der Waals surface area contributed by atoms with Crippen molar-refractivity contribution in [2.24, 2.45) is 0 Å². The quantitative estimate of drug-likeness (QED) is 0.798. The van der Waals surface area contributed by atoms with Crippen molar-refractivity contribution in [2.45, 2.75) is 25.5 Å². The van der Waals surface area contributed by atoms with Gasteiger partial charge >= 0.3 is 5.97 Å². The summed E-state index contributed by atoms with van der Waals surface area (Å²) in [5.74, 6) is -2.01. The van der Waals surface area contributed by atoms with Gasteiger partial charge in [0.2, 0.25) is 11.8 Å². The van der Waals surface area contributed by atoms with Gasteiger partial charge in [0, 0.05) is 12.1 Å². The SMILES string of the molecule is Cc1cccc(N2C(=O)SC(CC(=O)Nc3cccc(C(=O)O)c3)C2=O)c1C. The van der Waals surface area contributed by atoms with Gasteiger partial charge in [-0.05, 0) is 61.0 Å². The van der Waals surface area contributed by atoms with Gasteiger partial charge in [0.1, 0.15) is 5.25 Å². The van der Waals surface area contributed by atoms with Crippen molar-refractivity contribution in [1.29, 1.82) is 0 Å². The minimum Gasteiger partial charge on any atom is -0.478 e. The van der Waals surface area contributed by atoms with Gasteiger partial charge in [0.25, 0.3) is 5.24 Å². The number of anilines is 2. The highest BCUT2D eigenvalue weighted by Gasteiger charge is 2.42. The second kappa shape index (κ2) is 7.85. The zero-order valence-corrected chi connectivity index (χ0v) is 16.1. The highest BCUT2D eigenvalue weighted by atomic mass is 32.2. The predicted molar refractivity (Wildman–Crippen MR) is 107 cm³/mol. The Bertz CT molecular complexity index is 988. The molecular formula is C20H18N2O5S. The van der Waals surface area contributed by atoms with E-state index in [2.05, 4.69) is 5.32 Å². The van der Waals surface area contributed by atoms with Gasteiger partial charge in [-0.25, -0.2) is 9.69 Å². The molecule has 1 aliphatic heterocycles. The van der Waals surface area contributed by atoms with E-state index in [9.17, 15) is 19.2 Å². The zero-order valence-electron chi connectivity index (χ0n) is 15.3. The lowest BCUT2D eigenvalue weighted by Gasteiger charge is -2.17. The molecule has 1 fully saturated rings. The van der Waals surface area contributed by atoms with E-state index in [1.807, 2.05) is 19.9 Å². The number of carbonyl (C=O) groups is 4. The molecule has 0 aliphatic carbocycles. The van der Waals surface area contributed by atoms with Crippen molar-refractivity contribution >= 4 is 46.2 Å². The highest BCUT2D eigenvalue weighted by molar-refractivity contribution is 8.15. The van der Waals surface area contributed by atoms with E-state index < -0.39 is 28.3 Å². The molecule has 0 saturated carbocycles. The maximum Gasteiger partial charge on any atom is 0.335 e. The van der Waals surface area contributed by atoms with Crippen LogP contribution in [0.1, 0.15) is 27.9 Å². The van der Waals surface area contributed by atoms with E-state index in [0.717, 1.165) is 27.8 Å². The number of carboxylic acids is 1. The van der Waals surface area contributed by atoms with Gasteiger partial charge in [0.05, 0.1) is 11.3 Å². The normalized spacial score (nSPS) is 16.4. The molecule has 1 heterocycles. The summed E-state index contributed by atoms with van der Waals surface area (Å²) in [5.41, 5.74) is 2.68. The molecule has 2 N–H and O–H groups in total. The lowest BCUT2D eigenvalue weighted by Crippen LogP contribution is -2.33. The summed E-state index contributed by atoms with van der Waals surface area (Å²) in [6.45, 7) is 3.73. The number of hydrogen-bond acceptors (Lipinski definition) is 5. The molecule has 2 aromatic rings. The standard InChI is InChI=1S/C20H18N2O5S/c1-11-5-3-8-15(12(11)2)22-18(24)16(28-20(22)27)10-17(23)21-14-7-4-6-13(9-14)19(25)26/h3-9,16H,10H2,1-2H3,(H,21,23)(H,25,26). The number of carbonyl (C=O) groups excluding carboxylic acids is 3. The number of hydrogen-bond donors (Lipinski definition) is 2. The van der Waals surface area contributed by atoms with Crippen molar-refractivity contribution < 1.29 is 24.3 Å². The number of aryl methyl sites for hydroxylation is 1. The Kier molecular flexibility index (Phi) is 5.51. The van der Waals surface area contributed by atoms with Crippen LogP contribution in [-0.4, -0.2) is 33.4 Å². The van der Waals surface area contributed by atoms with E-state index in [0.29, 0.717) is 11.4 Å². The van der Waals surface area contributed by atoms with Gasteiger partial charge in [-0.3, -0.25) is 14.4 Å². The Balaban J connectivity index is 1.72. The molecule has 144 valence electrons. The summed E-state index contributed by atoms with van der Waals surface area (Å²) < 4.78 is 0. The lowest BCUT2D eigenvalue weighted by atomic mass is 10.1. The Morgan fingerprint density at radius 3 is 2.57 bits per heavy atom. The molecule has 1 unspecified atom stereocenters. The zero-order chi connectivity index (χ0) is 20.4. The van der Waals surface area contributed by atoms with E-state index in [1.165, 1.54) is 18.2 Å². The Morgan fingerprint density at radius 1 is 1.14 bits per heavy atom. The third kappa shape index (κ3) is 3.91. The number of imide groups is 1. The molecule has 1 saturated heterocycles. The van der Waals surface area contributed by atoms with Crippen LogP contribution < -0.4 is 10.2 Å². The minimum atomic E-state index is -1.10. The number of nitrogens with one attached hydrogen (secondary N) is 1. The van der Waals surface area contributed by atoms with E-state index in [-0.39, 0.29) is 12.0 Å². The summed E-state index contributed by atoms with van der Waals surface area (Å²) in [6, 6.07) is 11.2. The molecule has 7 nitrogen and oxygen atoms in total. The van der Waals surface area contributed by atoms with Crippen LogP contribution in [0.15, 0.2) is 42.5 Å². The number of thioether (sulfide) groups is 1. The summed E-state index contributed by atoms with van der Waals surface area (Å²) in [5, 5.41) is 10.4. The second-order valence-corrected chi connectivity index (χ2v) is 7.56. The van der Waals surface area contributed by atoms with Gasteiger partial charge in [-0.2, -0.15) is 0 Å². The van der Waals surface area contributed by atoms with Gasteiger partial charge < -0.3 is 10.4 Å². The molecule has 1 atom stereocenters. The number of aromatic carboxylic acids is 1. The van der Waals surface area contributed by atoms with Gasteiger partial charge in [-0.15, -0.1) is 0 Å². The summed E-state index contributed by atoms with van der Waals surface area (Å²) in [6.07, 6.45) is -0.187. The van der Waals surface area contributed by atoms with Crippen molar-refractivity contribution in [3.8, 4) is 0 Å². The molecule has 2 aromatic carbocycles. The lowest BCUT2D eigenvalue weighted by molar-refractivity contribution is -0.121. The third-order valence-electron chi connectivity index (χ3n) is 4.50. The first-order valence-corrected chi connectivity index (χ1v) is 9.40. The molecule has 0 radical (unpaired) electrons. The van der Waals surface area contributed by atoms with Crippen LogP contribution in [0.25, 0.3) is 0 Å². The van der Waals surface area contributed by atoms with Crippen molar-refractivity contribution in [2.75, 3.05) is 10.2 Å². The number of nitrogens with zero attached hydrogens (tertiary/aromatic N) is 1. The largest absolute Gasteiger partial charge is 0.478 e. The summed E-state index contributed by atoms with van der Waals surface area (Å²) in [4.78, 5) is 49.6. The molecule has 0 spiro atoms. The van der Waals surface area contributed by atoms with Crippen LogP contribution >= 0.6 is 11.8 Å². The fourth-order valence-electron chi connectivity index (χ4n) is 2.89. The van der Waals surface area contributed by atoms with Gasteiger partial charge in [-0.1, -0.05) is 18.2 Å². The van der Waals surface area contributed by atoms with E-state index in [1.54, 1.807) is 18.2 Å². The van der Waals surface area contributed by atoms with Crippen molar-refractivity contribution in [3.63, 3.8) is 0 Å². The average Bonchev–Trinajstić information content (AvgIpc) is 2.91. The smallest absolute Gasteiger partial charge is 0.335 e. The van der Waals surface area contributed by atoms with Gasteiger partial charge in [0.15, 0.2) is 0 Å². The van der Waals surface area contributed by atoms with Crippen LogP contribution in [0.2, 0.25) is 0 Å². The molecule has 3 rings (SSSR count). The topological polar surface area (TPSA) is 104 Å². The van der Waals surface area contributed by atoms with Crippen LogP contribution in [0.3, 0.4) is 0 Å². The molecule has 0 aromatic heterocycles. The maximum atomic E-state index is 12.7. The van der Waals surface area contributed by atoms with Crippen LogP contribution in [0, 0.1) is 13.8 Å². The predicted octanol–water partition coefficient (Wildman–Crippen LogP) is 3.60.